The van der Waals surface area contributed by atoms with Gasteiger partial charge in [0, 0.05) is 0 Å². The van der Waals surface area contributed by atoms with Crippen LogP contribution in [0.3, 0.4) is 0 Å². The van der Waals surface area contributed by atoms with Gasteiger partial charge in [-0.15, -0.1) is 0 Å². The number of carbonyl (C=O) groups is 1. The molecule has 6 heteroatoms. The number of carbonyl (C=O) groups excluding carboxylic acids is 1. The Labute approximate surface area is 150 Å². The molecule has 0 amide bonds. The van der Waals surface area contributed by atoms with Crippen molar-refractivity contribution >= 4 is 29.0 Å². The van der Waals surface area contributed by atoms with E-state index < -0.39 is 12.0 Å². The van der Waals surface area contributed by atoms with E-state index in [2.05, 4.69) is 16.7 Å². The molecule has 124 valence electrons. The molecule has 2 N–H and O–H groups in total. The number of thiocarbonyl (C=S) groups is 1. The van der Waals surface area contributed by atoms with Gasteiger partial charge in [0.15, 0.2) is 5.11 Å². The summed E-state index contributed by atoms with van der Waals surface area (Å²) in [4.78, 5) is 12.5. The normalized spacial score (nSPS) is 16.5. The highest BCUT2D eigenvalue weighted by molar-refractivity contribution is 7.80. The number of hydrogen-bond donors (Lipinski definition) is 2. The highest BCUT2D eigenvalue weighted by atomic mass is 32.1. The average molecular weight is 349 g/mol. The lowest BCUT2D eigenvalue weighted by molar-refractivity contribution is -0.136. The zero-order valence-electron chi connectivity index (χ0n) is 13.4. The third-order valence-corrected chi connectivity index (χ3v) is 4.13. The fourth-order valence-corrected chi connectivity index (χ4v) is 2.95. The Morgan fingerprint density at radius 1 is 1.16 bits per heavy atom. The van der Waals surface area contributed by atoms with Crippen LogP contribution in [-0.2, 0) is 9.53 Å². The fraction of sp³-hybridized carbons (Fsp3) is 0.105. The Kier molecular flexibility index (Phi) is 4.78. The van der Waals surface area contributed by atoms with Crippen molar-refractivity contribution in [1.82, 2.24) is 10.6 Å². The van der Waals surface area contributed by atoms with Gasteiger partial charge in [-0.3, -0.25) is 0 Å². The average Bonchev–Trinajstić information content (AvgIpc) is 2.67. The molecule has 0 aliphatic carbocycles. The summed E-state index contributed by atoms with van der Waals surface area (Å²) in [6.45, 7) is 0. The molecule has 3 rings (SSSR count). The van der Waals surface area contributed by atoms with E-state index in [0.717, 1.165) is 11.1 Å². The van der Waals surface area contributed by atoms with Crippen molar-refractivity contribution in [3.63, 3.8) is 0 Å². The summed E-state index contributed by atoms with van der Waals surface area (Å²) >= 11 is 5.32. The Morgan fingerprint density at radius 2 is 1.84 bits per heavy atom. The number of hydrogen-bond acceptors (Lipinski definition) is 4. The summed E-state index contributed by atoms with van der Waals surface area (Å²) in [6.07, 6.45) is 0. The number of benzene rings is 2. The summed E-state index contributed by atoms with van der Waals surface area (Å²) in [7, 11) is 1.35. The number of methoxy groups -OCH3 is 1. The van der Waals surface area contributed by atoms with Crippen molar-refractivity contribution in [1.29, 1.82) is 5.26 Å². The molecule has 0 unspecified atom stereocenters. The van der Waals surface area contributed by atoms with Crippen LogP contribution < -0.4 is 10.6 Å². The van der Waals surface area contributed by atoms with Gasteiger partial charge in [0.25, 0.3) is 0 Å². The molecule has 2 aromatic rings. The maximum atomic E-state index is 12.5. The minimum absolute atomic E-state index is 0.417. The molecule has 0 saturated carbocycles. The molecule has 1 aliphatic heterocycles. The Hall–Kier alpha value is -3.17. The molecule has 1 atom stereocenters. The largest absolute Gasteiger partial charge is 0.466 e. The van der Waals surface area contributed by atoms with Crippen LogP contribution in [0.25, 0.3) is 5.70 Å². The molecule has 25 heavy (non-hydrogen) atoms. The zero-order valence-corrected chi connectivity index (χ0v) is 14.3. The molecule has 0 spiro atoms. The maximum absolute atomic E-state index is 12.5. The lowest BCUT2D eigenvalue weighted by Gasteiger charge is -2.31. The number of esters is 1. The van der Waals surface area contributed by atoms with Crippen molar-refractivity contribution in [2.75, 3.05) is 7.11 Å². The molecular formula is C19H15N3O2S. The van der Waals surface area contributed by atoms with E-state index in [-0.39, 0.29) is 0 Å². The summed E-state index contributed by atoms with van der Waals surface area (Å²) in [5.74, 6) is -0.448. The number of nitrogens with one attached hydrogen (secondary N) is 2. The van der Waals surface area contributed by atoms with Crippen molar-refractivity contribution in [3.8, 4) is 6.07 Å². The second-order valence-electron chi connectivity index (χ2n) is 5.41. The SMILES string of the molecule is COC(=O)C1=C(c2ccccc2)NC(=S)N[C@H]1c1ccc(C#N)cc1. The first-order chi connectivity index (χ1) is 12.1. The standard InChI is InChI=1S/C19H15N3O2S/c1-24-18(23)15-16(13-5-3-2-4-6-13)21-19(25)22-17(15)14-9-7-12(11-20)8-10-14/h2-10,17H,1H3,(H2,21,22,25)/t17-/m0/s1. The summed E-state index contributed by atoms with van der Waals surface area (Å²) in [6, 6.07) is 18.1. The van der Waals surface area contributed by atoms with Gasteiger partial charge in [0.2, 0.25) is 0 Å². The Bertz CT molecular complexity index is 883. The predicted octanol–water partition coefficient (Wildman–Crippen LogP) is 2.66. The molecule has 2 aromatic carbocycles. The van der Waals surface area contributed by atoms with Gasteiger partial charge in [-0.1, -0.05) is 42.5 Å². The van der Waals surface area contributed by atoms with E-state index in [0.29, 0.717) is 21.9 Å². The number of nitriles is 1. The highest BCUT2D eigenvalue weighted by Crippen LogP contribution is 2.31. The third-order valence-electron chi connectivity index (χ3n) is 3.91. The van der Waals surface area contributed by atoms with E-state index >= 15 is 0 Å². The first-order valence-corrected chi connectivity index (χ1v) is 8.00. The van der Waals surface area contributed by atoms with Crippen LogP contribution in [0.15, 0.2) is 60.2 Å². The van der Waals surface area contributed by atoms with Crippen LogP contribution in [0.2, 0.25) is 0 Å². The van der Waals surface area contributed by atoms with Gasteiger partial charge < -0.3 is 15.4 Å². The van der Waals surface area contributed by atoms with Crippen LogP contribution in [0.4, 0.5) is 0 Å². The summed E-state index contributed by atoms with van der Waals surface area (Å²) in [5, 5.41) is 15.6. The van der Waals surface area contributed by atoms with E-state index in [1.165, 1.54) is 7.11 Å². The van der Waals surface area contributed by atoms with Gasteiger partial charge >= 0.3 is 5.97 Å². The molecule has 0 radical (unpaired) electrons. The minimum Gasteiger partial charge on any atom is -0.466 e. The predicted molar refractivity (Wildman–Crippen MR) is 98.1 cm³/mol. The van der Waals surface area contributed by atoms with Gasteiger partial charge in [-0.05, 0) is 35.5 Å². The zero-order chi connectivity index (χ0) is 17.8. The smallest absolute Gasteiger partial charge is 0.338 e. The van der Waals surface area contributed by atoms with E-state index in [1.807, 2.05) is 30.3 Å². The molecule has 0 fully saturated rings. The van der Waals surface area contributed by atoms with Crippen LogP contribution in [0.5, 0.6) is 0 Å². The molecule has 0 saturated heterocycles. The fourth-order valence-electron chi connectivity index (χ4n) is 2.73. The van der Waals surface area contributed by atoms with Crippen LogP contribution in [0, 0.1) is 11.3 Å². The monoisotopic (exact) mass is 349 g/mol. The second kappa shape index (κ2) is 7.16. The van der Waals surface area contributed by atoms with Gasteiger partial charge in [-0.2, -0.15) is 5.26 Å². The van der Waals surface area contributed by atoms with Gasteiger partial charge in [0.1, 0.15) is 0 Å². The second-order valence-corrected chi connectivity index (χ2v) is 5.82. The summed E-state index contributed by atoms with van der Waals surface area (Å²) in [5.41, 5.74) is 3.26. The van der Waals surface area contributed by atoms with E-state index in [1.54, 1.807) is 24.3 Å². The number of nitrogens with zero attached hydrogens (tertiary/aromatic N) is 1. The van der Waals surface area contributed by atoms with Crippen molar-refractivity contribution < 1.29 is 9.53 Å². The molecule has 5 nitrogen and oxygen atoms in total. The number of ether oxygens (including phenoxy) is 1. The molecule has 1 heterocycles. The van der Waals surface area contributed by atoms with Crippen LogP contribution >= 0.6 is 12.2 Å². The molecular weight excluding hydrogens is 334 g/mol. The first-order valence-electron chi connectivity index (χ1n) is 7.59. The Morgan fingerprint density at radius 3 is 2.44 bits per heavy atom. The highest BCUT2D eigenvalue weighted by Gasteiger charge is 2.32. The molecule has 0 aromatic heterocycles. The third kappa shape index (κ3) is 3.37. The molecule has 1 aliphatic rings. The summed E-state index contributed by atoms with van der Waals surface area (Å²) < 4.78 is 5.00. The van der Waals surface area contributed by atoms with E-state index in [9.17, 15) is 4.79 Å². The van der Waals surface area contributed by atoms with Gasteiger partial charge in [0.05, 0.1) is 36.1 Å². The number of rotatable bonds is 3. The van der Waals surface area contributed by atoms with Crippen molar-refractivity contribution in [3.05, 3.63) is 76.9 Å². The first kappa shape index (κ1) is 16.7. The lowest BCUT2D eigenvalue weighted by atomic mass is 9.92. The van der Waals surface area contributed by atoms with E-state index in [4.69, 9.17) is 22.2 Å². The van der Waals surface area contributed by atoms with Crippen LogP contribution in [0.1, 0.15) is 22.7 Å². The van der Waals surface area contributed by atoms with Gasteiger partial charge in [-0.25, -0.2) is 4.79 Å². The Balaban J connectivity index is 2.16. The van der Waals surface area contributed by atoms with Crippen molar-refractivity contribution in [2.24, 2.45) is 0 Å². The molecule has 0 bridgehead atoms. The van der Waals surface area contributed by atoms with Crippen molar-refractivity contribution in [2.45, 2.75) is 6.04 Å². The topological polar surface area (TPSA) is 74.2 Å². The maximum Gasteiger partial charge on any atom is 0.338 e. The van der Waals surface area contributed by atoms with Crippen LogP contribution in [-0.4, -0.2) is 18.2 Å². The minimum atomic E-state index is -0.468. The quantitative estimate of drug-likeness (QED) is 0.656. The lowest BCUT2D eigenvalue weighted by Crippen LogP contribution is -2.45.